The van der Waals surface area contributed by atoms with Crippen LogP contribution in [0, 0.1) is 30.6 Å². The van der Waals surface area contributed by atoms with Gasteiger partial charge < -0.3 is 9.47 Å². The van der Waals surface area contributed by atoms with Crippen LogP contribution in [0.5, 0.6) is 11.5 Å². The van der Waals surface area contributed by atoms with Gasteiger partial charge in [-0.15, -0.1) is 0 Å². The zero-order chi connectivity index (χ0) is 24.0. The highest BCUT2D eigenvalue weighted by molar-refractivity contribution is 9.10. The highest BCUT2D eigenvalue weighted by Gasteiger charge is 2.59. The first-order chi connectivity index (χ1) is 16.4. The van der Waals surface area contributed by atoms with E-state index in [4.69, 9.17) is 21.1 Å². The fourth-order valence-corrected chi connectivity index (χ4v) is 5.71. The van der Waals surface area contributed by atoms with Crippen molar-refractivity contribution in [2.45, 2.75) is 26.9 Å². The maximum atomic E-state index is 12.9. The van der Waals surface area contributed by atoms with Crippen LogP contribution in [0.2, 0.25) is 5.02 Å². The number of allylic oxidation sites excluding steroid dienone is 2. The van der Waals surface area contributed by atoms with Crippen molar-refractivity contribution in [1.29, 1.82) is 0 Å². The molecular formula is C26H24BrClN2O4. The number of carbonyl (C=O) groups excluding carboxylic acids is 2. The molecule has 4 atom stereocenters. The molecule has 6 nitrogen and oxygen atoms in total. The molecule has 0 N–H and O–H groups in total. The standard InChI is InChI=1S/C26H24BrClN2O4/c1-3-33-19-11-18(22(27)23(28)24(19)34-13-15-6-4-14(2)5-7-15)12-29-30-25(31)20-16-8-9-17(10-16)21(20)26(30)32/h4-9,11-12,16-17,20-21H,3,10,13H2,1-2H3/t16-,17-,20-,21+/m0/s1. The number of hydrazone groups is 1. The van der Waals surface area contributed by atoms with Gasteiger partial charge in [0.15, 0.2) is 11.5 Å². The summed E-state index contributed by atoms with van der Waals surface area (Å²) in [5, 5.41) is 5.61. The molecule has 0 unspecified atom stereocenters. The Bertz CT molecular complexity index is 1180. The van der Waals surface area contributed by atoms with Crippen molar-refractivity contribution in [1.82, 2.24) is 5.01 Å². The molecule has 176 valence electrons. The van der Waals surface area contributed by atoms with Gasteiger partial charge in [-0.1, -0.05) is 53.6 Å². The summed E-state index contributed by atoms with van der Waals surface area (Å²) in [5.41, 5.74) is 2.76. The maximum Gasteiger partial charge on any atom is 0.254 e. The van der Waals surface area contributed by atoms with Crippen molar-refractivity contribution >= 4 is 45.6 Å². The number of ether oxygens (including phenoxy) is 2. The average molecular weight is 544 g/mol. The number of nitrogens with zero attached hydrogens (tertiary/aromatic N) is 2. The van der Waals surface area contributed by atoms with Crippen molar-refractivity contribution in [3.8, 4) is 11.5 Å². The van der Waals surface area contributed by atoms with Crippen molar-refractivity contribution in [3.63, 3.8) is 0 Å². The first-order valence-electron chi connectivity index (χ1n) is 11.3. The van der Waals surface area contributed by atoms with E-state index in [0.29, 0.717) is 39.8 Å². The lowest BCUT2D eigenvalue weighted by Crippen LogP contribution is -2.28. The van der Waals surface area contributed by atoms with Crippen molar-refractivity contribution in [3.05, 3.63) is 68.7 Å². The zero-order valence-corrected chi connectivity index (χ0v) is 21.2. The van der Waals surface area contributed by atoms with Crippen LogP contribution in [0.4, 0.5) is 0 Å². The molecule has 5 rings (SSSR count). The van der Waals surface area contributed by atoms with E-state index < -0.39 is 0 Å². The van der Waals surface area contributed by atoms with E-state index in [1.807, 2.05) is 38.1 Å². The van der Waals surface area contributed by atoms with Crippen LogP contribution < -0.4 is 9.47 Å². The molecule has 8 heteroatoms. The number of amides is 2. The van der Waals surface area contributed by atoms with Crippen LogP contribution in [0.1, 0.15) is 30.0 Å². The van der Waals surface area contributed by atoms with Crippen molar-refractivity contribution < 1.29 is 19.1 Å². The van der Waals surface area contributed by atoms with E-state index in [9.17, 15) is 9.59 Å². The molecule has 1 aliphatic heterocycles. The summed E-state index contributed by atoms with van der Waals surface area (Å²) in [6.07, 6.45) is 6.47. The number of benzene rings is 2. The van der Waals surface area contributed by atoms with Gasteiger partial charge >= 0.3 is 0 Å². The van der Waals surface area contributed by atoms with E-state index in [0.717, 1.165) is 17.0 Å². The highest BCUT2D eigenvalue weighted by Crippen LogP contribution is 2.52. The predicted octanol–water partition coefficient (Wildman–Crippen LogP) is 5.53. The van der Waals surface area contributed by atoms with E-state index in [1.165, 1.54) is 11.8 Å². The van der Waals surface area contributed by atoms with Gasteiger partial charge in [-0.2, -0.15) is 10.1 Å². The number of halogens is 2. The first-order valence-corrected chi connectivity index (χ1v) is 12.5. The van der Waals surface area contributed by atoms with Crippen LogP contribution >= 0.6 is 27.5 Å². The highest BCUT2D eigenvalue weighted by atomic mass is 79.9. The van der Waals surface area contributed by atoms with Crippen molar-refractivity contribution in [2.75, 3.05) is 6.61 Å². The third-order valence-corrected chi connectivity index (χ3v) is 8.16. The van der Waals surface area contributed by atoms with Gasteiger partial charge in [-0.3, -0.25) is 9.59 Å². The molecule has 2 aliphatic carbocycles. The molecule has 0 aromatic heterocycles. The van der Waals surface area contributed by atoms with E-state index in [-0.39, 0.29) is 35.5 Å². The van der Waals surface area contributed by atoms with Gasteiger partial charge in [0.25, 0.3) is 11.8 Å². The third kappa shape index (κ3) is 3.95. The Morgan fingerprint density at radius 1 is 1.12 bits per heavy atom. The Labute approximate surface area is 211 Å². The largest absolute Gasteiger partial charge is 0.490 e. The van der Waals surface area contributed by atoms with Crippen LogP contribution in [-0.4, -0.2) is 29.6 Å². The first kappa shape index (κ1) is 23.1. The fourth-order valence-electron chi connectivity index (χ4n) is 5.06. The second kappa shape index (κ2) is 9.19. The van der Waals surface area contributed by atoms with Gasteiger partial charge in [0.1, 0.15) is 11.6 Å². The molecule has 3 aliphatic rings. The summed E-state index contributed by atoms with van der Waals surface area (Å²) in [5.74, 6) is 0.124. The van der Waals surface area contributed by atoms with Crippen LogP contribution in [0.25, 0.3) is 0 Å². The molecule has 2 fully saturated rings. The molecule has 0 spiro atoms. The van der Waals surface area contributed by atoms with Crippen molar-refractivity contribution in [2.24, 2.45) is 28.8 Å². The minimum atomic E-state index is -0.289. The molecule has 34 heavy (non-hydrogen) atoms. The van der Waals surface area contributed by atoms with Crippen LogP contribution in [-0.2, 0) is 16.2 Å². The molecule has 1 saturated heterocycles. The Balaban J connectivity index is 1.39. The zero-order valence-electron chi connectivity index (χ0n) is 18.8. The topological polar surface area (TPSA) is 68.2 Å². The lowest BCUT2D eigenvalue weighted by atomic mass is 9.85. The van der Waals surface area contributed by atoms with Gasteiger partial charge in [0.2, 0.25) is 0 Å². The molecule has 2 aromatic rings. The van der Waals surface area contributed by atoms with E-state index >= 15 is 0 Å². The molecule has 1 heterocycles. The molecule has 1 saturated carbocycles. The second-order valence-corrected chi connectivity index (χ2v) is 10.0. The lowest BCUT2D eigenvalue weighted by Gasteiger charge is -2.16. The quantitative estimate of drug-likeness (QED) is 0.262. The fraction of sp³-hybridized carbons (Fsp3) is 0.346. The summed E-state index contributed by atoms with van der Waals surface area (Å²) in [7, 11) is 0. The van der Waals surface area contributed by atoms with Gasteiger partial charge in [-0.25, -0.2) is 0 Å². The Kier molecular flexibility index (Phi) is 6.25. The summed E-state index contributed by atoms with van der Waals surface area (Å²) >= 11 is 10.2. The number of aryl methyl sites for hydroxylation is 1. The molecule has 2 aromatic carbocycles. The van der Waals surface area contributed by atoms with Gasteiger partial charge in [0.05, 0.1) is 24.7 Å². The average Bonchev–Trinajstić information content (AvgIpc) is 3.51. The second-order valence-electron chi connectivity index (χ2n) is 8.86. The number of hydrogen-bond acceptors (Lipinski definition) is 5. The normalized spacial score (nSPS) is 25.0. The summed E-state index contributed by atoms with van der Waals surface area (Å²) < 4.78 is 12.3. The maximum absolute atomic E-state index is 12.9. The monoisotopic (exact) mass is 542 g/mol. The minimum Gasteiger partial charge on any atom is -0.490 e. The van der Waals surface area contributed by atoms with Crippen LogP contribution in [0.15, 0.2) is 52.1 Å². The Morgan fingerprint density at radius 2 is 1.76 bits per heavy atom. The molecule has 2 bridgehead atoms. The summed E-state index contributed by atoms with van der Waals surface area (Å²) in [6.45, 7) is 4.65. The number of fused-ring (bicyclic) bond motifs is 5. The Morgan fingerprint density at radius 3 is 2.38 bits per heavy atom. The number of carbonyl (C=O) groups is 2. The Hall–Kier alpha value is -2.64. The van der Waals surface area contributed by atoms with Crippen LogP contribution in [0.3, 0.4) is 0 Å². The van der Waals surface area contributed by atoms with Gasteiger partial charge in [-0.05, 0) is 59.7 Å². The van der Waals surface area contributed by atoms with E-state index in [2.05, 4.69) is 33.2 Å². The number of imide groups is 1. The number of hydrogen-bond donors (Lipinski definition) is 0. The predicted molar refractivity (Wildman–Crippen MR) is 133 cm³/mol. The van der Waals surface area contributed by atoms with Gasteiger partial charge in [0, 0.05) is 10.0 Å². The van der Waals surface area contributed by atoms with E-state index in [1.54, 1.807) is 6.07 Å². The molecule has 2 amide bonds. The molecular weight excluding hydrogens is 520 g/mol. The number of rotatable bonds is 7. The summed E-state index contributed by atoms with van der Waals surface area (Å²) in [6, 6.07) is 9.79. The smallest absolute Gasteiger partial charge is 0.254 e. The molecule has 0 radical (unpaired) electrons. The minimum absolute atomic E-state index is 0.141. The lowest BCUT2D eigenvalue weighted by molar-refractivity contribution is -0.140. The summed E-state index contributed by atoms with van der Waals surface area (Å²) in [4.78, 5) is 25.8. The third-order valence-electron chi connectivity index (χ3n) is 6.72. The SMILES string of the molecule is CCOc1cc(C=NN2C(=O)[C@@H]3[C@H](C2=O)[C@H]2C=C[C@H]3C2)c(Br)c(Cl)c1OCc1ccc(C)cc1.